The van der Waals surface area contributed by atoms with Crippen LogP contribution in [0.3, 0.4) is 0 Å². The molecule has 6 nitrogen and oxygen atoms in total. The second-order valence-electron chi connectivity index (χ2n) is 5.59. The zero-order chi connectivity index (χ0) is 18.5. The van der Waals surface area contributed by atoms with Crippen LogP contribution < -0.4 is 5.32 Å². The van der Waals surface area contributed by atoms with Crippen LogP contribution in [0.25, 0.3) is 0 Å². The summed E-state index contributed by atoms with van der Waals surface area (Å²) in [5.41, 5.74) is 0. The molecule has 1 heterocycles. The van der Waals surface area contributed by atoms with Crippen molar-refractivity contribution in [2.45, 2.75) is 32.0 Å². The van der Waals surface area contributed by atoms with Crippen molar-refractivity contribution in [1.82, 2.24) is 10.2 Å². The number of alkyl halides is 3. The Labute approximate surface area is 142 Å². The van der Waals surface area contributed by atoms with Crippen LogP contribution in [0.15, 0.2) is 0 Å². The van der Waals surface area contributed by atoms with Gasteiger partial charge in [0.15, 0.2) is 0 Å². The number of thioether (sulfide) groups is 1. The summed E-state index contributed by atoms with van der Waals surface area (Å²) in [7, 11) is 0. The second kappa shape index (κ2) is 8.59. The van der Waals surface area contributed by atoms with Crippen molar-refractivity contribution in [3.8, 4) is 0 Å². The van der Waals surface area contributed by atoms with E-state index in [1.807, 2.05) is 0 Å². The molecule has 0 spiro atoms. The van der Waals surface area contributed by atoms with Crippen molar-refractivity contribution >= 4 is 29.5 Å². The van der Waals surface area contributed by atoms with Gasteiger partial charge in [-0.3, -0.25) is 14.4 Å². The number of hydrogen-bond acceptors (Lipinski definition) is 4. The second-order valence-corrected chi connectivity index (χ2v) is 6.58. The molecule has 1 rings (SSSR count). The van der Waals surface area contributed by atoms with Gasteiger partial charge in [0.1, 0.15) is 6.04 Å². The molecule has 0 aromatic rings. The Bertz CT molecular complexity index is 487. The minimum absolute atomic E-state index is 0.145. The van der Waals surface area contributed by atoms with Gasteiger partial charge in [-0.25, -0.2) is 0 Å². The van der Waals surface area contributed by atoms with Crippen LogP contribution in [-0.2, 0) is 14.4 Å². The smallest absolute Gasteiger partial charge is 0.394 e. The van der Waals surface area contributed by atoms with Gasteiger partial charge in [0.25, 0.3) is 0 Å². The summed E-state index contributed by atoms with van der Waals surface area (Å²) in [6, 6.07) is -0.939. The number of nitrogens with one attached hydrogen (secondary N) is 1. The molecular weight excluding hydrogens is 349 g/mol. The first kappa shape index (κ1) is 20.6. The van der Waals surface area contributed by atoms with Crippen LogP contribution in [0.2, 0.25) is 0 Å². The third-order valence-electron chi connectivity index (χ3n) is 3.93. The number of nitrogens with zero attached hydrogens (tertiary/aromatic N) is 1. The highest BCUT2D eigenvalue weighted by Gasteiger charge is 2.54. The molecule has 0 aromatic carbocycles. The Morgan fingerprint density at radius 2 is 1.96 bits per heavy atom. The third kappa shape index (κ3) is 5.29. The lowest BCUT2D eigenvalue weighted by Crippen LogP contribution is -2.48. The lowest BCUT2D eigenvalue weighted by Gasteiger charge is -2.24. The summed E-state index contributed by atoms with van der Waals surface area (Å²) in [6.45, 7) is 0.397. The molecule has 2 amide bonds. The lowest BCUT2D eigenvalue weighted by molar-refractivity contribution is -0.188. The molecule has 10 heteroatoms. The SMILES string of the molecule is CCC(=O)NC(CCSC)C(=O)N1C[C@@H](C(F)(F)F)[C@H](C(=O)O)C1. The van der Waals surface area contributed by atoms with E-state index in [1.165, 1.54) is 11.8 Å². The first-order valence-corrected chi connectivity index (χ1v) is 8.87. The lowest BCUT2D eigenvalue weighted by atomic mass is 9.96. The Kier molecular flexibility index (Phi) is 7.37. The van der Waals surface area contributed by atoms with Gasteiger partial charge in [-0.05, 0) is 18.4 Å². The number of carbonyl (C=O) groups is 3. The van der Waals surface area contributed by atoms with Crippen LogP contribution in [0, 0.1) is 11.8 Å². The number of carboxylic acid groups (broad SMARTS) is 1. The van der Waals surface area contributed by atoms with E-state index in [2.05, 4.69) is 5.32 Å². The number of hydrogen-bond donors (Lipinski definition) is 2. The van der Waals surface area contributed by atoms with E-state index in [4.69, 9.17) is 5.11 Å². The van der Waals surface area contributed by atoms with E-state index in [1.54, 1.807) is 13.2 Å². The Morgan fingerprint density at radius 3 is 2.38 bits per heavy atom. The van der Waals surface area contributed by atoms with Gasteiger partial charge in [0.05, 0.1) is 11.8 Å². The van der Waals surface area contributed by atoms with Crippen LogP contribution in [0.1, 0.15) is 19.8 Å². The molecule has 3 atom stereocenters. The highest BCUT2D eigenvalue weighted by molar-refractivity contribution is 7.98. The Hall–Kier alpha value is -1.45. The van der Waals surface area contributed by atoms with Gasteiger partial charge in [-0.15, -0.1) is 0 Å². The first-order valence-electron chi connectivity index (χ1n) is 7.48. The number of halogens is 3. The first-order chi connectivity index (χ1) is 11.1. The molecule has 1 saturated heterocycles. The molecule has 0 saturated carbocycles. The molecule has 1 unspecified atom stereocenters. The number of amides is 2. The Morgan fingerprint density at radius 1 is 1.33 bits per heavy atom. The topological polar surface area (TPSA) is 86.7 Å². The van der Waals surface area contributed by atoms with Crippen molar-refractivity contribution in [3.63, 3.8) is 0 Å². The van der Waals surface area contributed by atoms with Crippen molar-refractivity contribution in [2.24, 2.45) is 11.8 Å². The summed E-state index contributed by atoms with van der Waals surface area (Å²) in [6.07, 6.45) is -2.47. The summed E-state index contributed by atoms with van der Waals surface area (Å²) >= 11 is 1.44. The average Bonchev–Trinajstić information content (AvgIpc) is 2.96. The van der Waals surface area contributed by atoms with Crippen molar-refractivity contribution in [1.29, 1.82) is 0 Å². The molecule has 0 aliphatic carbocycles. The minimum atomic E-state index is -4.69. The number of carboxylic acids is 1. The fraction of sp³-hybridized carbons (Fsp3) is 0.786. The minimum Gasteiger partial charge on any atom is -0.481 e. The average molecular weight is 370 g/mol. The summed E-state index contributed by atoms with van der Waals surface area (Å²) < 4.78 is 39.0. The molecule has 2 N–H and O–H groups in total. The van der Waals surface area contributed by atoms with E-state index in [-0.39, 0.29) is 18.7 Å². The summed E-state index contributed by atoms with van der Waals surface area (Å²) in [4.78, 5) is 36.0. The normalized spacial score (nSPS) is 22.3. The molecule has 0 bridgehead atoms. The molecule has 24 heavy (non-hydrogen) atoms. The summed E-state index contributed by atoms with van der Waals surface area (Å²) in [5, 5.41) is 11.5. The van der Waals surface area contributed by atoms with E-state index in [0.29, 0.717) is 5.75 Å². The fourth-order valence-corrected chi connectivity index (χ4v) is 3.05. The zero-order valence-corrected chi connectivity index (χ0v) is 14.2. The largest absolute Gasteiger partial charge is 0.481 e. The van der Waals surface area contributed by atoms with Crippen LogP contribution >= 0.6 is 11.8 Å². The van der Waals surface area contributed by atoms with Crippen molar-refractivity contribution < 1.29 is 32.7 Å². The van der Waals surface area contributed by atoms with Crippen LogP contribution in [-0.4, -0.2) is 65.1 Å². The van der Waals surface area contributed by atoms with Crippen molar-refractivity contribution in [3.05, 3.63) is 0 Å². The number of carbonyl (C=O) groups excluding carboxylic acids is 2. The maximum atomic E-state index is 13.0. The molecule has 0 aromatic heterocycles. The standard InChI is InChI=1S/C14H21F3N2O4S/c1-3-11(20)18-10(4-5-24-2)12(21)19-6-8(13(22)23)9(7-19)14(15,16)17/h8-10H,3-7H2,1-2H3,(H,18,20)(H,22,23)/t8-,9-,10?/m1/s1. The van der Waals surface area contributed by atoms with E-state index < -0.39 is 49.0 Å². The third-order valence-corrected chi connectivity index (χ3v) is 4.58. The highest BCUT2D eigenvalue weighted by Crippen LogP contribution is 2.38. The van der Waals surface area contributed by atoms with E-state index >= 15 is 0 Å². The number of aliphatic carboxylic acids is 1. The van der Waals surface area contributed by atoms with Gasteiger partial charge in [-0.2, -0.15) is 24.9 Å². The van der Waals surface area contributed by atoms with Gasteiger partial charge >= 0.3 is 12.1 Å². The molecule has 1 aliphatic heterocycles. The monoisotopic (exact) mass is 370 g/mol. The molecule has 1 aliphatic rings. The molecular formula is C14H21F3N2O4S. The van der Waals surface area contributed by atoms with Gasteiger partial charge in [0.2, 0.25) is 11.8 Å². The Balaban J connectivity index is 2.90. The van der Waals surface area contributed by atoms with Gasteiger partial charge < -0.3 is 15.3 Å². The molecule has 138 valence electrons. The quantitative estimate of drug-likeness (QED) is 0.707. The van der Waals surface area contributed by atoms with Gasteiger partial charge in [-0.1, -0.05) is 6.92 Å². The van der Waals surface area contributed by atoms with Crippen molar-refractivity contribution in [2.75, 3.05) is 25.1 Å². The highest BCUT2D eigenvalue weighted by atomic mass is 32.2. The fourth-order valence-electron chi connectivity index (χ4n) is 2.58. The molecule has 0 radical (unpaired) electrons. The summed E-state index contributed by atoms with van der Waals surface area (Å²) in [5.74, 6) is -5.86. The molecule has 1 fully saturated rings. The van der Waals surface area contributed by atoms with Crippen LogP contribution in [0.5, 0.6) is 0 Å². The van der Waals surface area contributed by atoms with E-state index in [9.17, 15) is 27.6 Å². The number of rotatable bonds is 7. The van der Waals surface area contributed by atoms with Gasteiger partial charge in [0, 0.05) is 19.5 Å². The predicted molar refractivity (Wildman–Crippen MR) is 82.5 cm³/mol. The number of likely N-dealkylation sites (tertiary alicyclic amines) is 1. The maximum absolute atomic E-state index is 13.0. The van der Waals surface area contributed by atoms with E-state index in [0.717, 1.165) is 4.90 Å². The van der Waals surface area contributed by atoms with Crippen LogP contribution in [0.4, 0.5) is 13.2 Å². The zero-order valence-electron chi connectivity index (χ0n) is 13.4. The maximum Gasteiger partial charge on any atom is 0.394 e. The predicted octanol–water partition coefficient (Wildman–Crippen LogP) is 1.36.